The van der Waals surface area contributed by atoms with Gasteiger partial charge in [0.1, 0.15) is 5.54 Å². The van der Waals surface area contributed by atoms with Crippen LogP contribution < -0.4 is 5.32 Å². The van der Waals surface area contributed by atoms with Gasteiger partial charge in [0.25, 0.3) is 0 Å². The molecule has 0 aliphatic carbocycles. The van der Waals surface area contributed by atoms with E-state index < -0.39 is 5.54 Å². The van der Waals surface area contributed by atoms with Crippen molar-refractivity contribution in [2.75, 3.05) is 19.4 Å². The zero-order valence-electron chi connectivity index (χ0n) is 14.1. The van der Waals surface area contributed by atoms with Crippen LogP contribution in [0.4, 0.5) is 0 Å². The van der Waals surface area contributed by atoms with Gasteiger partial charge in [-0.05, 0) is 44.4 Å². The van der Waals surface area contributed by atoms with Crippen LogP contribution >= 0.6 is 11.8 Å². The van der Waals surface area contributed by atoms with Gasteiger partial charge in [0.2, 0.25) is 0 Å². The molecule has 1 N–H and O–H groups in total. The second-order valence-electron chi connectivity index (χ2n) is 6.03. The molecule has 0 radical (unpaired) electrons. The maximum absolute atomic E-state index is 11.9. The van der Waals surface area contributed by atoms with Crippen LogP contribution in [0.2, 0.25) is 0 Å². The van der Waals surface area contributed by atoms with Crippen molar-refractivity contribution < 1.29 is 9.53 Å². The summed E-state index contributed by atoms with van der Waals surface area (Å²) in [6, 6.07) is 0. The molecule has 0 rings (SSSR count). The second-order valence-corrected chi connectivity index (χ2v) is 7.51. The van der Waals surface area contributed by atoms with Gasteiger partial charge in [-0.25, -0.2) is 0 Å². The molecule has 0 saturated heterocycles. The highest BCUT2D eigenvalue weighted by Crippen LogP contribution is 2.22. The molecular formula is C16H33NO2S. The minimum atomic E-state index is -0.529. The van der Waals surface area contributed by atoms with E-state index in [9.17, 15) is 4.79 Å². The smallest absolute Gasteiger partial charge is 0.325 e. The van der Waals surface area contributed by atoms with Crippen LogP contribution in [0.5, 0.6) is 0 Å². The lowest BCUT2D eigenvalue weighted by Gasteiger charge is -2.28. The SMILES string of the molecule is CCCNC(C)(CCCCSC(C)C(C)C)C(=O)OC. The summed E-state index contributed by atoms with van der Waals surface area (Å²) >= 11 is 2.03. The molecule has 0 aromatic rings. The van der Waals surface area contributed by atoms with Gasteiger partial charge in [-0.15, -0.1) is 0 Å². The maximum atomic E-state index is 11.9. The van der Waals surface area contributed by atoms with E-state index in [0.29, 0.717) is 5.25 Å². The molecule has 120 valence electrons. The van der Waals surface area contributed by atoms with E-state index in [1.54, 1.807) is 0 Å². The average molecular weight is 304 g/mol. The molecule has 0 heterocycles. The van der Waals surface area contributed by atoms with Gasteiger partial charge >= 0.3 is 5.97 Å². The van der Waals surface area contributed by atoms with Crippen molar-refractivity contribution in [3.05, 3.63) is 0 Å². The summed E-state index contributed by atoms with van der Waals surface area (Å²) in [5.74, 6) is 1.75. The van der Waals surface area contributed by atoms with Crippen LogP contribution in [0.15, 0.2) is 0 Å². The van der Waals surface area contributed by atoms with E-state index >= 15 is 0 Å². The summed E-state index contributed by atoms with van der Waals surface area (Å²) in [6.45, 7) is 11.7. The lowest BCUT2D eigenvalue weighted by atomic mass is 9.95. The molecule has 0 bridgehead atoms. The monoisotopic (exact) mass is 303 g/mol. The van der Waals surface area contributed by atoms with Crippen molar-refractivity contribution in [2.45, 2.75) is 71.1 Å². The number of hydrogen-bond acceptors (Lipinski definition) is 4. The van der Waals surface area contributed by atoms with Gasteiger partial charge in [-0.1, -0.05) is 34.1 Å². The first-order chi connectivity index (χ1) is 9.37. The van der Waals surface area contributed by atoms with Gasteiger partial charge in [-0.3, -0.25) is 4.79 Å². The summed E-state index contributed by atoms with van der Waals surface area (Å²) < 4.78 is 4.93. The van der Waals surface area contributed by atoms with E-state index in [-0.39, 0.29) is 5.97 Å². The van der Waals surface area contributed by atoms with E-state index in [4.69, 9.17) is 4.74 Å². The molecule has 3 nitrogen and oxygen atoms in total. The highest BCUT2D eigenvalue weighted by molar-refractivity contribution is 7.99. The summed E-state index contributed by atoms with van der Waals surface area (Å²) in [5, 5.41) is 4.04. The Labute approximate surface area is 129 Å². The Morgan fingerprint density at radius 2 is 1.95 bits per heavy atom. The summed E-state index contributed by atoms with van der Waals surface area (Å²) in [6.07, 6.45) is 4.08. The Kier molecular flexibility index (Phi) is 10.4. The summed E-state index contributed by atoms with van der Waals surface area (Å²) in [5.41, 5.74) is -0.529. The third kappa shape index (κ3) is 7.53. The molecule has 0 aliphatic rings. The standard InChI is InChI=1S/C16H33NO2S/c1-7-11-17-16(5,15(18)19-6)10-8-9-12-20-14(4)13(2)3/h13-14,17H,7-12H2,1-6H3. The van der Waals surface area contributed by atoms with Crippen LogP contribution in [0.25, 0.3) is 0 Å². The van der Waals surface area contributed by atoms with Crippen molar-refractivity contribution in [3.63, 3.8) is 0 Å². The number of rotatable bonds is 11. The number of esters is 1. The van der Waals surface area contributed by atoms with Crippen molar-refractivity contribution >= 4 is 17.7 Å². The lowest BCUT2D eigenvalue weighted by Crippen LogP contribution is -2.50. The molecule has 2 atom stereocenters. The second kappa shape index (κ2) is 10.5. The topological polar surface area (TPSA) is 38.3 Å². The average Bonchev–Trinajstić information content (AvgIpc) is 2.43. The van der Waals surface area contributed by atoms with Crippen LogP contribution in [0, 0.1) is 5.92 Å². The third-order valence-electron chi connectivity index (χ3n) is 3.79. The number of methoxy groups -OCH3 is 1. The minimum Gasteiger partial charge on any atom is -0.468 e. The van der Waals surface area contributed by atoms with Crippen molar-refractivity contribution in [2.24, 2.45) is 5.92 Å². The molecule has 0 amide bonds. The molecule has 20 heavy (non-hydrogen) atoms. The van der Waals surface area contributed by atoms with E-state index in [2.05, 4.69) is 33.0 Å². The molecule has 0 spiro atoms. The first kappa shape index (κ1) is 19.8. The molecule has 4 heteroatoms. The van der Waals surface area contributed by atoms with E-state index in [1.807, 2.05) is 18.7 Å². The highest BCUT2D eigenvalue weighted by Gasteiger charge is 2.32. The molecular weight excluding hydrogens is 270 g/mol. The van der Waals surface area contributed by atoms with Crippen LogP contribution in [-0.4, -0.2) is 36.2 Å². The number of carbonyl (C=O) groups is 1. The number of nitrogens with one attached hydrogen (secondary N) is 1. The lowest BCUT2D eigenvalue weighted by molar-refractivity contribution is -0.148. The van der Waals surface area contributed by atoms with Gasteiger partial charge in [0.05, 0.1) is 7.11 Å². The Morgan fingerprint density at radius 1 is 1.30 bits per heavy atom. The number of carbonyl (C=O) groups excluding carboxylic acids is 1. The third-order valence-corrected chi connectivity index (χ3v) is 5.39. The number of thioether (sulfide) groups is 1. The van der Waals surface area contributed by atoms with Gasteiger partial charge in [0, 0.05) is 5.25 Å². The predicted molar refractivity (Wildman–Crippen MR) is 89.3 cm³/mol. The largest absolute Gasteiger partial charge is 0.468 e. The Morgan fingerprint density at radius 3 is 2.45 bits per heavy atom. The van der Waals surface area contributed by atoms with Crippen molar-refractivity contribution in [1.29, 1.82) is 0 Å². The fraction of sp³-hybridized carbons (Fsp3) is 0.938. The van der Waals surface area contributed by atoms with Crippen molar-refractivity contribution in [1.82, 2.24) is 5.32 Å². The number of hydrogen-bond donors (Lipinski definition) is 1. The number of unbranched alkanes of at least 4 members (excludes halogenated alkanes) is 1. The van der Waals surface area contributed by atoms with Gasteiger partial charge < -0.3 is 10.1 Å². The zero-order chi connectivity index (χ0) is 15.6. The van der Waals surface area contributed by atoms with Crippen molar-refractivity contribution in [3.8, 4) is 0 Å². The van der Waals surface area contributed by atoms with Gasteiger partial charge in [-0.2, -0.15) is 11.8 Å². The number of ether oxygens (including phenoxy) is 1. The molecule has 0 saturated carbocycles. The molecule has 0 aromatic carbocycles. The fourth-order valence-corrected chi connectivity index (χ4v) is 3.06. The maximum Gasteiger partial charge on any atom is 0.325 e. The summed E-state index contributed by atoms with van der Waals surface area (Å²) in [4.78, 5) is 11.9. The normalized spacial score (nSPS) is 15.9. The Bertz CT molecular complexity index is 271. The minimum absolute atomic E-state index is 0.144. The Hall–Kier alpha value is -0.220. The Balaban J connectivity index is 4.05. The molecule has 0 aromatic heterocycles. The van der Waals surface area contributed by atoms with E-state index in [1.165, 1.54) is 12.9 Å². The quantitative estimate of drug-likeness (QED) is 0.464. The molecule has 0 aliphatic heterocycles. The fourth-order valence-electron chi connectivity index (χ4n) is 1.93. The summed E-state index contributed by atoms with van der Waals surface area (Å²) in [7, 11) is 1.47. The van der Waals surface area contributed by atoms with Gasteiger partial charge in [0.15, 0.2) is 0 Å². The molecule has 2 unspecified atom stereocenters. The molecule has 0 fully saturated rings. The first-order valence-electron chi connectivity index (χ1n) is 7.82. The van der Waals surface area contributed by atoms with Crippen LogP contribution in [-0.2, 0) is 9.53 Å². The van der Waals surface area contributed by atoms with E-state index in [0.717, 1.165) is 38.1 Å². The zero-order valence-corrected chi connectivity index (χ0v) is 14.9. The van der Waals surface area contributed by atoms with Crippen LogP contribution in [0.3, 0.4) is 0 Å². The van der Waals surface area contributed by atoms with Crippen LogP contribution in [0.1, 0.15) is 60.3 Å². The predicted octanol–water partition coefficient (Wildman–Crippen LogP) is 3.87. The highest BCUT2D eigenvalue weighted by atomic mass is 32.2. The first-order valence-corrected chi connectivity index (χ1v) is 8.87.